The highest BCUT2D eigenvalue weighted by Crippen LogP contribution is 2.13. The Morgan fingerprint density at radius 1 is 0.917 bits per heavy atom. The van der Waals surface area contributed by atoms with E-state index in [9.17, 15) is 9.59 Å². The second-order valence-corrected chi connectivity index (χ2v) is 5.51. The first kappa shape index (κ1) is 21.6. The first-order chi connectivity index (χ1) is 11.4. The second-order valence-electron chi connectivity index (χ2n) is 5.51. The first-order valence-corrected chi connectivity index (χ1v) is 7.96. The van der Waals surface area contributed by atoms with Crippen molar-refractivity contribution < 1.29 is 19.1 Å². The van der Waals surface area contributed by atoms with Gasteiger partial charge in [-0.3, -0.25) is 0 Å². The van der Waals surface area contributed by atoms with Gasteiger partial charge in [-0.05, 0) is 39.0 Å². The van der Waals surface area contributed by atoms with E-state index in [2.05, 4.69) is 19.7 Å². The molecule has 0 saturated heterocycles. The van der Waals surface area contributed by atoms with Crippen LogP contribution >= 0.6 is 0 Å². The molecule has 24 heavy (non-hydrogen) atoms. The van der Waals surface area contributed by atoms with Crippen LogP contribution in [0.4, 0.5) is 0 Å². The molecule has 0 radical (unpaired) electrons. The number of rotatable bonds is 12. The van der Waals surface area contributed by atoms with Gasteiger partial charge in [0.2, 0.25) is 0 Å². The third kappa shape index (κ3) is 11.2. The summed E-state index contributed by atoms with van der Waals surface area (Å²) in [7, 11) is 0. The summed E-state index contributed by atoms with van der Waals surface area (Å²) < 4.78 is 9.93. The molecule has 0 aliphatic rings. The quantitative estimate of drug-likeness (QED) is 0.303. The largest absolute Gasteiger partial charge is 0.458 e. The van der Waals surface area contributed by atoms with Crippen LogP contribution in [-0.2, 0) is 19.1 Å². The van der Waals surface area contributed by atoms with Crippen molar-refractivity contribution in [2.75, 3.05) is 13.2 Å². The summed E-state index contributed by atoms with van der Waals surface area (Å²) in [5.74, 6) is -0.403. The highest BCUT2D eigenvalue weighted by Gasteiger charge is 2.02. The summed E-state index contributed by atoms with van der Waals surface area (Å²) in [4.78, 5) is 22.4. The van der Waals surface area contributed by atoms with Crippen molar-refractivity contribution in [2.24, 2.45) is 5.92 Å². The molecule has 4 nitrogen and oxygen atoms in total. The van der Waals surface area contributed by atoms with Gasteiger partial charge < -0.3 is 9.47 Å². The fourth-order valence-corrected chi connectivity index (χ4v) is 1.66. The van der Waals surface area contributed by atoms with Gasteiger partial charge in [0, 0.05) is 11.1 Å². The Bertz CT molecular complexity index is 512. The average Bonchev–Trinajstić information content (AvgIpc) is 2.54. The van der Waals surface area contributed by atoms with Gasteiger partial charge in [-0.2, -0.15) is 0 Å². The third-order valence-corrected chi connectivity index (χ3v) is 3.13. The number of ether oxygens (including phenoxy) is 2. The summed E-state index contributed by atoms with van der Waals surface area (Å²) in [6, 6.07) is 0. The van der Waals surface area contributed by atoms with E-state index in [1.807, 2.05) is 30.4 Å². The molecular weight excluding hydrogens is 304 g/mol. The maximum absolute atomic E-state index is 11.2. The third-order valence-electron chi connectivity index (χ3n) is 3.13. The molecule has 0 aromatic rings. The van der Waals surface area contributed by atoms with Crippen molar-refractivity contribution in [3.63, 3.8) is 0 Å². The molecule has 1 unspecified atom stereocenters. The fourth-order valence-electron chi connectivity index (χ4n) is 1.66. The van der Waals surface area contributed by atoms with E-state index < -0.39 is 0 Å². The minimum atomic E-state index is -0.377. The predicted molar refractivity (Wildman–Crippen MR) is 97.4 cm³/mol. The molecule has 0 heterocycles. The molecule has 0 bridgehead atoms. The van der Waals surface area contributed by atoms with Crippen LogP contribution in [0.5, 0.6) is 0 Å². The highest BCUT2D eigenvalue weighted by atomic mass is 16.5. The molecule has 0 aliphatic carbocycles. The van der Waals surface area contributed by atoms with Crippen molar-refractivity contribution in [1.29, 1.82) is 0 Å². The molecule has 0 spiro atoms. The fraction of sp³-hybridized carbons (Fsp3) is 0.400. The van der Waals surface area contributed by atoms with Crippen molar-refractivity contribution in [3.05, 3.63) is 61.3 Å². The Balaban J connectivity index is 3.89. The van der Waals surface area contributed by atoms with Crippen LogP contribution in [0.25, 0.3) is 0 Å². The number of carbonyl (C=O) groups excluding carboxylic acids is 2. The Kier molecular flexibility index (Phi) is 11.8. The van der Waals surface area contributed by atoms with Gasteiger partial charge in [-0.25, -0.2) is 9.59 Å². The van der Waals surface area contributed by atoms with Gasteiger partial charge in [0.1, 0.15) is 13.2 Å². The molecule has 1 atom stereocenters. The van der Waals surface area contributed by atoms with E-state index in [4.69, 9.17) is 9.47 Å². The Morgan fingerprint density at radius 2 is 1.42 bits per heavy atom. The maximum atomic E-state index is 11.2. The van der Waals surface area contributed by atoms with Crippen molar-refractivity contribution in [3.8, 4) is 0 Å². The highest BCUT2D eigenvalue weighted by molar-refractivity contribution is 5.87. The van der Waals surface area contributed by atoms with Crippen LogP contribution in [0.3, 0.4) is 0 Å². The van der Waals surface area contributed by atoms with Crippen molar-refractivity contribution in [2.45, 2.75) is 33.1 Å². The summed E-state index contributed by atoms with van der Waals surface area (Å²) in [5.41, 5.74) is 0.795. The predicted octanol–water partition coefficient (Wildman–Crippen LogP) is 4.31. The van der Waals surface area contributed by atoms with Gasteiger partial charge in [0.25, 0.3) is 0 Å². The average molecular weight is 332 g/mol. The van der Waals surface area contributed by atoms with E-state index in [1.54, 1.807) is 13.8 Å². The number of hydrogen-bond donors (Lipinski definition) is 0. The zero-order valence-corrected chi connectivity index (χ0v) is 14.8. The van der Waals surface area contributed by atoms with Gasteiger partial charge in [-0.15, -0.1) is 6.58 Å². The minimum Gasteiger partial charge on any atom is -0.458 e. The molecule has 132 valence electrons. The van der Waals surface area contributed by atoms with E-state index in [1.165, 1.54) is 0 Å². The second kappa shape index (κ2) is 13.1. The van der Waals surface area contributed by atoms with Gasteiger partial charge >= 0.3 is 11.9 Å². The zero-order chi connectivity index (χ0) is 18.4. The minimum absolute atomic E-state index is 0.254. The van der Waals surface area contributed by atoms with Crippen LogP contribution in [-0.4, -0.2) is 25.2 Å². The Labute approximate surface area is 145 Å². The Morgan fingerprint density at radius 3 is 1.88 bits per heavy atom. The molecule has 0 amide bonds. The molecule has 0 fully saturated rings. The lowest BCUT2D eigenvalue weighted by Crippen LogP contribution is -2.04. The monoisotopic (exact) mass is 332 g/mol. The molecule has 0 aromatic carbocycles. The van der Waals surface area contributed by atoms with Crippen LogP contribution < -0.4 is 0 Å². The lowest BCUT2D eigenvalue weighted by Gasteiger charge is -2.07. The Hall–Kier alpha value is -2.36. The number of hydrogen-bond acceptors (Lipinski definition) is 4. The van der Waals surface area contributed by atoms with Crippen LogP contribution in [0.2, 0.25) is 0 Å². The lowest BCUT2D eigenvalue weighted by atomic mass is 9.99. The topological polar surface area (TPSA) is 52.6 Å². The lowest BCUT2D eigenvalue weighted by molar-refractivity contribution is -0.138. The van der Waals surface area contributed by atoms with E-state index in [0.717, 1.165) is 19.3 Å². The van der Waals surface area contributed by atoms with Gasteiger partial charge in [0.15, 0.2) is 0 Å². The van der Waals surface area contributed by atoms with Gasteiger partial charge in [-0.1, -0.05) is 43.5 Å². The summed E-state index contributed by atoms with van der Waals surface area (Å²) in [6.07, 6.45) is 12.2. The van der Waals surface area contributed by atoms with E-state index in [-0.39, 0.29) is 25.2 Å². The molecule has 4 heteroatoms. The molecular formula is C20H28O4. The smallest absolute Gasteiger partial charge is 0.333 e. The SMILES string of the molecule is C=CC(C/C=C/COC(=O)C(=C)C)CC/C=C/COC(=O)C(=C)C. The summed E-state index contributed by atoms with van der Waals surface area (Å²) >= 11 is 0. The zero-order valence-electron chi connectivity index (χ0n) is 14.8. The number of esters is 2. The maximum Gasteiger partial charge on any atom is 0.333 e. The molecule has 0 N–H and O–H groups in total. The number of allylic oxidation sites excluding steroid dienone is 3. The standard InChI is InChI=1S/C20H28O4/c1-6-18(13-9-11-15-24-20(22)17(4)5)12-8-7-10-14-23-19(21)16(2)3/h6-7,9-11,18H,1-2,4,8,12-15H2,3,5H3/b10-7+,11-9+. The van der Waals surface area contributed by atoms with Crippen LogP contribution in [0.1, 0.15) is 33.1 Å². The molecule has 0 aromatic heterocycles. The van der Waals surface area contributed by atoms with Crippen molar-refractivity contribution in [1.82, 2.24) is 0 Å². The number of carbonyl (C=O) groups is 2. The van der Waals surface area contributed by atoms with E-state index >= 15 is 0 Å². The van der Waals surface area contributed by atoms with Crippen LogP contribution in [0, 0.1) is 5.92 Å². The summed E-state index contributed by atoms with van der Waals surface area (Å²) in [5, 5.41) is 0. The van der Waals surface area contributed by atoms with Gasteiger partial charge in [0.05, 0.1) is 0 Å². The van der Waals surface area contributed by atoms with Crippen LogP contribution in [0.15, 0.2) is 61.3 Å². The molecule has 0 saturated carbocycles. The summed E-state index contributed by atoms with van der Waals surface area (Å²) in [6.45, 7) is 14.6. The van der Waals surface area contributed by atoms with Crippen molar-refractivity contribution >= 4 is 11.9 Å². The molecule has 0 aliphatic heterocycles. The first-order valence-electron chi connectivity index (χ1n) is 7.96. The normalized spacial score (nSPS) is 12.1. The molecule has 0 rings (SSSR count). The van der Waals surface area contributed by atoms with E-state index in [0.29, 0.717) is 17.1 Å².